The van der Waals surface area contributed by atoms with Crippen LogP contribution in [0.4, 0.5) is 11.4 Å². The van der Waals surface area contributed by atoms with Crippen LogP contribution in [0.2, 0.25) is 0 Å². The zero-order valence-electron chi connectivity index (χ0n) is 14.4. The highest BCUT2D eigenvalue weighted by Gasteiger charge is 2.21. The Labute approximate surface area is 162 Å². The van der Waals surface area contributed by atoms with Crippen LogP contribution in [-0.4, -0.2) is 34.6 Å². The summed E-state index contributed by atoms with van der Waals surface area (Å²) in [5, 5.41) is 0. The number of nitrogens with zero attached hydrogens (tertiary/aromatic N) is 2. The summed E-state index contributed by atoms with van der Waals surface area (Å²) < 4.78 is 53.4. The molecule has 142 valence electrons. The van der Waals surface area contributed by atoms with Crippen molar-refractivity contribution in [3.05, 3.63) is 47.2 Å². The van der Waals surface area contributed by atoms with E-state index in [-0.39, 0.29) is 10.6 Å². The van der Waals surface area contributed by atoms with Gasteiger partial charge in [-0.15, -0.1) is 0 Å². The van der Waals surface area contributed by atoms with Gasteiger partial charge in [-0.2, -0.15) is 0 Å². The molecule has 10 heteroatoms. The molecule has 0 saturated heterocycles. The smallest absolute Gasteiger partial charge is 0.264 e. The van der Waals surface area contributed by atoms with Gasteiger partial charge in [-0.3, -0.25) is 9.03 Å². The van der Waals surface area contributed by atoms with Gasteiger partial charge in [0, 0.05) is 12.7 Å². The Morgan fingerprint density at radius 1 is 1.08 bits per heavy atom. The molecule has 2 rings (SSSR count). The van der Waals surface area contributed by atoms with Crippen molar-refractivity contribution in [2.45, 2.75) is 24.7 Å². The first kappa shape index (κ1) is 20.7. The first-order chi connectivity index (χ1) is 12.2. The lowest BCUT2D eigenvalue weighted by molar-refractivity contribution is 0.594. The molecule has 0 unspecified atom stereocenters. The van der Waals surface area contributed by atoms with E-state index in [4.69, 9.17) is 0 Å². The van der Waals surface area contributed by atoms with Gasteiger partial charge in [-0.05, 0) is 58.7 Å². The Hall–Kier alpha value is -1.65. The van der Waals surface area contributed by atoms with Crippen molar-refractivity contribution in [3.63, 3.8) is 0 Å². The van der Waals surface area contributed by atoms with Crippen molar-refractivity contribution < 1.29 is 16.8 Å². The van der Waals surface area contributed by atoms with Gasteiger partial charge < -0.3 is 0 Å². The zero-order valence-corrected chi connectivity index (χ0v) is 17.6. The second-order valence-electron chi connectivity index (χ2n) is 5.61. The number of hydrogen-bond acceptors (Lipinski definition) is 5. The number of anilines is 2. The van der Waals surface area contributed by atoms with Crippen molar-refractivity contribution in [2.24, 2.45) is 0 Å². The van der Waals surface area contributed by atoms with E-state index in [2.05, 4.69) is 25.6 Å². The largest absolute Gasteiger partial charge is 0.284 e. The van der Waals surface area contributed by atoms with Crippen molar-refractivity contribution in [1.82, 2.24) is 4.98 Å². The maximum Gasteiger partial charge on any atom is 0.264 e. The zero-order chi connectivity index (χ0) is 19.4. The summed E-state index contributed by atoms with van der Waals surface area (Å²) >= 11 is 3.20. The Morgan fingerprint density at radius 2 is 1.73 bits per heavy atom. The summed E-state index contributed by atoms with van der Waals surface area (Å²) in [6.07, 6.45) is 2.78. The third-order valence-electron chi connectivity index (χ3n) is 3.63. The average molecular weight is 462 g/mol. The Bertz CT molecular complexity index is 944. The summed E-state index contributed by atoms with van der Waals surface area (Å²) in [4.78, 5) is 4.08. The molecule has 0 bridgehead atoms. The number of hydrogen-bond donors (Lipinski definition) is 1. The highest BCUT2D eigenvalue weighted by molar-refractivity contribution is 9.10. The standard InChI is InChI=1S/C16H20BrN3O4S2/c1-3-4-11-25(21,22)19-13-5-8-15(9-6-13)26(23,24)20(2)14-7-10-16(17)18-12-14/h5-10,12,19H,3-4,11H2,1-2H3. The minimum atomic E-state index is -3.78. The van der Waals surface area contributed by atoms with Crippen LogP contribution < -0.4 is 9.03 Å². The quantitative estimate of drug-likeness (QED) is 0.608. The number of rotatable bonds is 8. The van der Waals surface area contributed by atoms with Crippen LogP contribution in [-0.2, 0) is 20.0 Å². The minimum absolute atomic E-state index is 0.0306. The van der Waals surface area contributed by atoms with E-state index in [1.807, 2.05) is 6.92 Å². The fourth-order valence-corrected chi connectivity index (χ4v) is 4.79. The van der Waals surface area contributed by atoms with Crippen molar-refractivity contribution >= 4 is 47.4 Å². The SMILES string of the molecule is CCCCS(=O)(=O)Nc1ccc(S(=O)(=O)N(C)c2ccc(Br)nc2)cc1. The number of halogens is 1. The Morgan fingerprint density at radius 3 is 2.27 bits per heavy atom. The molecule has 2 aromatic rings. The molecule has 7 nitrogen and oxygen atoms in total. The lowest BCUT2D eigenvalue weighted by Gasteiger charge is -2.19. The molecule has 0 fully saturated rings. The number of nitrogens with one attached hydrogen (secondary N) is 1. The van der Waals surface area contributed by atoms with Crippen LogP contribution in [0.25, 0.3) is 0 Å². The van der Waals surface area contributed by atoms with Gasteiger partial charge in [0.15, 0.2) is 0 Å². The van der Waals surface area contributed by atoms with E-state index in [0.29, 0.717) is 22.4 Å². The maximum absolute atomic E-state index is 12.7. The minimum Gasteiger partial charge on any atom is -0.284 e. The van der Waals surface area contributed by atoms with E-state index in [1.165, 1.54) is 37.5 Å². The highest BCUT2D eigenvalue weighted by atomic mass is 79.9. The number of unbranched alkanes of at least 4 members (excludes halogenated alkanes) is 1. The molecule has 0 aliphatic carbocycles. The number of pyridine rings is 1. The Kier molecular flexibility index (Phi) is 6.64. The van der Waals surface area contributed by atoms with Gasteiger partial charge in [0.05, 0.1) is 22.5 Å². The molecule has 0 spiro atoms. The molecule has 0 saturated carbocycles. The summed E-state index contributed by atoms with van der Waals surface area (Å²) in [6, 6.07) is 8.89. The molecule has 26 heavy (non-hydrogen) atoms. The van der Waals surface area contributed by atoms with Gasteiger partial charge in [0.25, 0.3) is 10.0 Å². The van der Waals surface area contributed by atoms with Gasteiger partial charge >= 0.3 is 0 Å². The lowest BCUT2D eigenvalue weighted by atomic mass is 10.3. The normalized spacial score (nSPS) is 12.0. The predicted octanol–water partition coefficient (Wildman–Crippen LogP) is 3.21. The van der Waals surface area contributed by atoms with Crippen LogP contribution in [0.1, 0.15) is 19.8 Å². The lowest BCUT2D eigenvalue weighted by Crippen LogP contribution is -2.26. The molecule has 0 radical (unpaired) electrons. The van der Waals surface area contributed by atoms with E-state index in [1.54, 1.807) is 12.1 Å². The molecular formula is C16H20BrN3O4S2. The monoisotopic (exact) mass is 461 g/mol. The van der Waals surface area contributed by atoms with E-state index in [0.717, 1.165) is 10.7 Å². The first-order valence-electron chi connectivity index (χ1n) is 7.87. The molecule has 1 heterocycles. The van der Waals surface area contributed by atoms with Crippen molar-refractivity contribution in [3.8, 4) is 0 Å². The molecule has 0 aliphatic heterocycles. The van der Waals surface area contributed by atoms with E-state index in [9.17, 15) is 16.8 Å². The second-order valence-corrected chi connectivity index (χ2v) is 10.2. The fraction of sp³-hybridized carbons (Fsp3) is 0.312. The topological polar surface area (TPSA) is 96.4 Å². The van der Waals surface area contributed by atoms with Crippen LogP contribution in [0.15, 0.2) is 52.1 Å². The molecule has 1 aromatic heterocycles. The molecule has 1 aromatic carbocycles. The number of benzene rings is 1. The maximum atomic E-state index is 12.7. The van der Waals surface area contributed by atoms with Gasteiger partial charge in [-0.1, -0.05) is 13.3 Å². The predicted molar refractivity (Wildman–Crippen MR) is 106 cm³/mol. The highest BCUT2D eigenvalue weighted by Crippen LogP contribution is 2.23. The van der Waals surface area contributed by atoms with Crippen LogP contribution in [0, 0.1) is 0 Å². The van der Waals surface area contributed by atoms with E-state index < -0.39 is 20.0 Å². The number of sulfonamides is 2. The fourth-order valence-electron chi connectivity index (χ4n) is 2.11. The van der Waals surface area contributed by atoms with Gasteiger partial charge in [-0.25, -0.2) is 21.8 Å². The third kappa shape index (κ3) is 5.18. The van der Waals surface area contributed by atoms with Crippen molar-refractivity contribution in [2.75, 3.05) is 21.8 Å². The van der Waals surface area contributed by atoms with Crippen LogP contribution >= 0.6 is 15.9 Å². The van der Waals surface area contributed by atoms with Gasteiger partial charge in [0.1, 0.15) is 4.60 Å². The molecule has 0 amide bonds. The first-order valence-corrected chi connectivity index (χ1v) is 11.8. The van der Waals surface area contributed by atoms with Gasteiger partial charge in [0.2, 0.25) is 10.0 Å². The summed E-state index contributed by atoms with van der Waals surface area (Å²) in [5.41, 5.74) is 0.741. The summed E-state index contributed by atoms with van der Waals surface area (Å²) in [7, 11) is -5.78. The Balaban J connectivity index is 2.19. The molecular weight excluding hydrogens is 442 g/mol. The molecule has 1 N–H and O–H groups in total. The average Bonchev–Trinajstić information content (AvgIpc) is 2.60. The summed E-state index contributed by atoms with van der Waals surface area (Å²) in [5.74, 6) is 0.0306. The summed E-state index contributed by atoms with van der Waals surface area (Å²) in [6.45, 7) is 1.91. The van der Waals surface area contributed by atoms with Crippen LogP contribution in [0.3, 0.4) is 0 Å². The molecule has 0 atom stereocenters. The molecule has 0 aliphatic rings. The van der Waals surface area contributed by atoms with Crippen molar-refractivity contribution in [1.29, 1.82) is 0 Å². The van der Waals surface area contributed by atoms with E-state index >= 15 is 0 Å². The second kappa shape index (κ2) is 8.36. The third-order valence-corrected chi connectivity index (χ3v) is 7.27. The number of aromatic nitrogens is 1. The van der Waals surface area contributed by atoms with Crippen LogP contribution in [0.5, 0.6) is 0 Å².